The fourth-order valence-corrected chi connectivity index (χ4v) is 4.32. The van der Waals surface area contributed by atoms with Crippen molar-refractivity contribution in [3.05, 3.63) is 0 Å². The van der Waals surface area contributed by atoms with Crippen molar-refractivity contribution < 1.29 is 9.90 Å². The summed E-state index contributed by atoms with van der Waals surface area (Å²) in [5.41, 5.74) is -0.618. The summed E-state index contributed by atoms with van der Waals surface area (Å²) >= 11 is 0. The van der Waals surface area contributed by atoms with Crippen LogP contribution in [0.1, 0.15) is 78.1 Å². The van der Waals surface area contributed by atoms with E-state index in [1.165, 1.54) is 44.9 Å². The minimum absolute atomic E-state index is 0.498. The predicted molar refractivity (Wildman–Crippen MR) is 81.9 cm³/mol. The number of piperidine rings is 1. The number of hydrogen-bond donors (Lipinski definition) is 1. The Morgan fingerprint density at radius 1 is 1.20 bits per heavy atom. The lowest BCUT2D eigenvalue weighted by Crippen LogP contribution is -2.58. The van der Waals surface area contributed by atoms with E-state index in [0.29, 0.717) is 6.04 Å². The maximum absolute atomic E-state index is 11.7. The SMILES string of the molecule is CCCC1CCCC(N2CCCCC2(C)C(=O)O)CC1. The molecule has 0 aromatic rings. The maximum Gasteiger partial charge on any atom is 0.323 e. The van der Waals surface area contributed by atoms with E-state index in [1.54, 1.807) is 0 Å². The van der Waals surface area contributed by atoms with E-state index in [-0.39, 0.29) is 0 Å². The van der Waals surface area contributed by atoms with Crippen molar-refractivity contribution in [3.63, 3.8) is 0 Å². The van der Waals surface area contributed by atoms with Crippen LogP contribution in [0.5, 0.6) is 0 Å². The van der Waals surface area contributed by atoms with Crippen molar-refractivity contribution in [2.24, 2.45) is 5.92 Å². The van der Waals surface area contributed by atoms with Crippen molar-refractivity contribution in [2.75, 3.05) is 6.54 Å². The third-order valence-electron chi connectivity index (χ3n) is 5.60. The number of aliphatic carboxylic acids is 1. The number of hydrogen-bond acceptors (Lipinski definition) is 2. The van der Waals surface area contributed by atoms with Gasteiger partial charge in [0.25, 0.3) is 0 Å². The Labute approximate surface area is 123 Å². The largest absolute Gasteiger partial charge is 0.480 e. The van der Waals surface area contributed by atoms with Gasteiger partial charge in [-0.1, -0.05) is 32.6 Å². The Hall–Kier alpha value is -0.570. The van der Waals surface area contributed by atoms with E-state index in [0.717, 1.165) is 31.7 Å². The van der Waals surface area contributed by atoms with Crippen molar-refractivity contribution >= 4 is 5.97 Å². The lowest BCUT2D eigenvalue weighted by Gasteiger charge is -2.46. The lowest BCUT2D eigenvalue weighted by atomic mass is 9.85. The van der Waals surface area contributed by atoms with Crippen LogP contribution < -0.4 is 0 Å². The van der Waals surface area contributed by atoms with Gasteiger partial charge in [0.15, 0.2) is 0 Å². The van der Waals surface area contributed by atoms with Crippen molar-refractivity contribution in [1.29, 1.82) is 0 Å². The van der Waals surface area contributed by atoms with Crippen LogP contribution in [-0.2, 0) is 4.79 Å². The normalized spacial score (nSPS) is 36.5. The summed E-state index contributed by atoms with van der Waals surface area (Å²) in [4.78, 5) is 14.1. The average molecular weight is 281 g/mol. The maximum atomic E-state index is 11.7. The number of carboxylic acid groups (broad SMARTS) is 1. The summed E-state index contributed by atoms with van der Waals surface area (Å²) in [5, 5.41) is 9.66. The van der Waals surface area contributed by atoms with Gasteiger partial charge >= 0.3 is 5.97 Å². The van der Waals surface area contributed by atoms with Gasteiger partial charge in [-0.05, 0) is 57.9 Å². The molecular weight excluding hydrogens is 250 g/mol. The highest BCUT2D eigenvalue weighted by molar-refractivity contribution is 5.78. The Bertz CT molecular complexity index is 331. The monoisotopic (exact) mass is 281 g/mol. The van der Waals surface area contributed by atoms with E-state index in [2.05, 4.69) is 11.8 Å². The van der Waals surface area contributed by atoms with Gasteiger partial charge in [0.2, 0.25) is 0 Å². The first-order valence-corrected chi connectivity index (χ1v) is 8.58. The fraction of sp³-hybridized carbons (Fsp3) is 0.941. The minimum Gasteiger partial charge on any atom is -0.480 e. The number of carbonyl (C=O) groups is 1. The molecule has 3 atom stereocenters. The summed E-state index contributed by atoms with van der Waals surface area (Å²) in [6.45, 7) is 5.20. The molecule has 1 aliphatic heterocycles. The molecule has 2 fully saturated rings. The molecule has 3 nitrogen and oxygen atoms in total. The Kier molecular flexibility index (Phi) is 5.48. The molecule has 3 heteroatoms. The number of likely N-dealkylation sites (tertiary alicyclic amines) is 1. The molecule has 0 aromatic heterocycles. The predicted octanol–water partition coefficient (Wildman–Crippen LogP) is 4.06. The molecule has 0 amide bonds. The molecule has 2 rings (SSSR count). The van der Waals surface area contributed by atoms with E-state index in [4.69, 9.17) is 0 Å². The lowest BCUT2D eigenvalue weighted by molar-refractivity contribution is -0.155. The van der Waals surface area contributed by atoms with E-state index in [1.807, 2.05) is 6.92 Å². The van der Waals surface area contributed by atoms with Crippen LogP contribution in [0.3, 0.4) is 0 Å². The van der Waals surface area contributed by atoms with Gasteiger partial charge < -0.3 is 5.11 Å². The molecule has 3 unspecified atom stereocenters. The molecule has 0 radical (unpaired) electrons. The first-order chi connectivity index (χ1) is 9.58. The smallest absolute Gasteiger partial charge is 0.323 e. The first kappa shape index (κ1) is 15.8. The minimum atomic E-state index is -0.619. The molecule has 20 heavy (non-hydrogen) atoms. The average Bonchev–Trinajstić information content (AvgIpc) is 2.65. The van der Waals surface area contributed by atoms with Gasteiger partial charge in [-0.2, -0.15) is 0 Å². The van der Waals surface area contributed by atoms with Gasteiger partial charge in [-0.3, -0.25) is 9.69 Å². The van der Waals surface area contributed by atoms with Crippen LogP contribution in [0.2, 0.25) is 0 Å². The second-order valence-corrected chi connectivity index (χ2v) is 7.05. The zero-order valence-corrected chi connectivity index (χ0v) is 13.2. The fourth-order valence-electron chi connectivity index (χ4n) is 4.32. The molecule has 2 aliphatic rings. The molecular formula is C17H31NO2. The Balaban J connectivity index is 2.03. The van der Waals surface area contributed by atoms with Crippen LogP contribution in [0.15, 0.2) is 0 Å². The molecule has 1 heterocycles. The third-order valence-corrected chi connectivity index (χ3v) is 5.60. The molecule has 1 saturated carbocycles. The second-order valence-electron chi connectivity index (χ2n) is 7.05. The highest BCUT2D eigenvalue weighted by Gasteiger charge is 2.44. The van der Waals surface area contributed by atoms with Crippen LogP contribution in [0.4, 0.5) is 0 Å². The molecule has 1 saturated heterocycles. The number of rotatable bonds is 4. The molecule has 116 valence electrons. The van der Waals surface area contributed by atoms with Gasteiger partial charge in [0.1, 0.15) is 5.54 Å². The summed E-state index contributed by atoms with van der Waals surface area (Å²) in [5.74, 6) is 0.262. The number of nitrogens with zero attached hydrogens (tertiary/aromatic N) is 1. The van der Waals surface area contributed by atoms with Gasteiger partial charge in [0, 0.05) is 6.04 Å². The third kappa shape index (κ3) is 3.36. The molecule has 0 spiro atoms. The molecule has 1 N–H and O–H groups in total. The zero-order chi connectivity index (χ0) is 14.6. The second kappa shape index (κ2) is 6.93. The van der Waals surface area contributed by atoms with Crippen LogP contribution in [-0.4, -0.2) is 34.1 Å². The Morgan fingerprint density at radius 3 is 2.70 bits per heavy atom. The van der Waals surface area contributed by atoms with Crippen molar-refractivity contribution in [1.82, 2.24) is 4.90 Å². The van der Waals surface area contributed by atoms with Crippen LogP contribution in [0, 0.1) is 5.92 Å². The highest BCUT2D eigenvalue weighted by Crippen LogP contribution is 2.36. The van der Waals surface area contributed by atoms with Gasteiger partial charge in [-0.25, -0.2) is 0 Å². The number of carboxylic acids is 1. The zero-order valence-electron chi connectivity index (χ0n) is 13.2. The molecule has 0 aromatic carbocycles. The van der Waals surface area contributed by atoms with Crippen LogP contribution >= 0.6 is 0 Å². The Morgan fingerprint density at radius 2 is 2.00 bits per heavy atom. The summed E-state index contributed by atoms with van der Waals surface area (Å²) in [6, 6.07) is 0.498. The highest BCUT2D eigenvalue weighted by atomic mass is 16.4. The molecule has 1 aliphatic carbocycles. The standard InChI is InChI=1S/C17H31NO2/c1-3-7-14-8-6-9-15(11-10-14)18-13-5-4-12-17(18,2)16(19)20/h14-15H,3-13H2,1-2H3,(H,19,20). The van der Waals surface area contributed by atoms with Crippen LogP contribution in [0.25, 0.3) is 0 Å². The summed E-state index contributed by atoms with van der Waals surface area (Å²) in [7, 11) is 0. The van der Waals surface area contributed by atoms with E-state index >= 15 is 0 Å². The summed E-state index contributed by atoms with van der Waals surface area (Å²) in [6.07, 6.45) is 12.0. The van der Waals surface area contributed by atoms with E-state index in [9.17, 15) is 9.90 Å². The first-order valence-electron chi connectivity index (χ1n) is 8.58. The van der Waals surface area contributed by atoms with E-state index < -0.39 is 11.5 Å². The van der Waals surface area contributed by atoms with Gasteiger partial charge in [0.05, 0.1) is 0 Å². The van der Waals surface area contributed by atoms with Crippen molar-refractivity contribution in [3.8, 4) is 0 Å². The quantitative estimate of drug-likeness (QED) is 0.790. The van der Waals surface area contributed by atoms with Crippen molar-refractivity contribution in [2.45, 2.75) is 89.6 Å². The topological polar surface area (TPSA) is 40.5 Å². The molecule has 0 bridgehead atoms. The van der Waals surface area contributed by atoms with Gasteiger partial charge in [-0.15, -0.1) is 0 Å². The summed E-state index contributed by atoms with van der Waals surface area (Å²) < 4.78 is 0.